The van der Waals surface area contributed by atoms with Crippen LogP contribution >= 0.6 is 0 Å². The number of imidazole rings is 1. The normalized spacial score (nSPS) is 13.0. The van der Waals surface area contributed by atoms with Crippen molar-refractivity contribution in [1.29, 1.82) is 0 Å². The molecule has 1 amide bonds. The smallest absolute Gasteiger partial charge is 0.231 e. The minimum Gasteiger partial charge on any atom is -0.493 e. The first kappa shape index (κ1) is 23.5. The zero-order valence-corrected chi connectivity index (χ0v) is 20.6. The van der Waals surface area contributed by atoms with Crippen molar-refractivity contribution in [2.75, 3.05) is 27.6 Å². The van der Waals surface area contributed by atoms with Gasteiger partial charge in [0.25, 0.3) is 0 Å². The fourth-order valence-corrected chi connectivity index (χ4v) is 4.59. The Labute approximate surface area is 209 Å². The first-order chi connectivity index (χ1) is 17.6. The summed E-state index contributed by atoms with van der Waals surface area (Å²) >= 11 is 0. The molecule has 0 spiro atoms. The summed E-state index contributed by atoms with van der Waals surface area (Å²) in [6, 6.07) is 15.6. The Kier molecular flexibility index (Phi) is 6.66. The van der Waals surface area contributed by atoms with Gasteiger partial charge in [0.2, 0.25) is 12.7 Å². The lowest BCUT2D eigenvalue weighted by molar-refractivity contribution is -0.121. The van der Waals surface area contributed by atoms with Crippen LogP contribution in [0.25, 0.3) is 5.65 Å². The van der Waals surface area contributed by atoms with Gasteiger partial charge in [-0.05, 0) is 60.4 Å². The number of ether oxygens (including phenoxy) is 4. The Balaban J connectivity index is 1.35. The average Bonchev–Trinajstić information content (AvgIpc) is 3.54. The number of aromatic nitrogens is 2. The van der Waals surface area contributed by atoms with Crippen LogP contribution in [0.5, 0.6) is 23.0 Å². The average molecular weight is 488 g/mol. The molecule has 186 valence electrons. The monoisotopic (exact) mass is 487 g/mol. The third kappa shape index (κ3) is 4.66. The van der Waals surface area contributed by atoms with Crippen LogP contribution in [0.1, 0.15) is 34.7 Å². The predicted molar refractivity (Wildman–Crippen MR) is 135 cm³/mol. The van der Waals surface area contributed by atoms with E-state index >= 15 is 0 Å². The number of carbonyl (C=O) groups excluding carboxylic acids is 1. The lowest BCUT2D eigenvalue weighted by atomic mass is 9.92. The molecule has 1 aliphatic rings. The van der Waals surface area contributed by atoms with E-state index in [2.05, 4.69) is 14.7 Å². The molecule has 1 atom stereocenters. The van der Waals surface area contributed by atoms with Crippen LogP contribution in [-0.4, -0.2) is 42.8 Å². The molecule has 3 heterocycles. The van der Waals surface area contributed by atoms with E-state index in [0.29, 0.717) is 36.0 Å². The van der Waals surface area contributed by atoms with E-state index in [1.807, 2.05) is 67.8 Å². The number of amides is 1. The van der Waals surface area contributed by atoms with E-state index < -0.39 is 0 Å². The second-order valence-corrected chi connectivity index (χ2v) is 8.73. The molecule has 8 heteroatoms. The van der Waals surface area contributed by atoms with Crippen molar-refractivity contribution in [2.24, 2.45) is 0 Å². The largest absolute Gasteiger partial charge is 0.493 e. The van der Waals surface area contributed by atoms with Gasteiger partial charge >= 0.3 is 0 Å². The van der Waals surface area contributed by atoms with Gasteiger partial charge < -0.3 is 28.7 Å². The maximum atomic E-state index is 13.1. The first-order valence-electron chi connectivity index (χ1n) is 11.9. The molecule has 4 aromatic rings. The number of hydrogen-bond acceptors (Lipinski definition) is 6. The molecule has 1 N–H and O–H groups in total. The molecule has 1 aliphatic heterocycles. The van der Waals surface area contributed by atoms with E-state index in [4.69, 9.17) is 18.9 Å². The second kappa shape index (κ2) is 10.2. The summed E-state index contributed by atoms with van der Waals surface area (Å²) in [5, 5.41) is 3.07. The Morgan fingerprint density at radius 1 is 1.08 bits per heavy atom. The van der Waals surface area contributed by atoms with Gasteiger partial charge in [-0.1, -0.05) is 18.2 Å². The summed E-state index contributed by atoms with van der Waals surface area (Å²) in [6.45, 7) is 2.74. The summed E-state index contributed by atoms with van der Waals surface area (Å²) < 4.78 is 23.8. The van der Waals surface area contributed by atoms with Crippen LogP contribution in [0, 0.1) is 6.92 Å². The number of aryl methyl sites for hydroxylation is 1. The van der Waals surface area contributed by atoms with Crippen LogP contribution in [0.2, 0.25) is 0 Å². The quantitative estimate of drug-likeness (QED) is 0.380. The molecule has 8 nitrogen and oxygen atoms in total. The van der Waals surface area contributed by atoms with Crippen molar-refractivity contribution in [2.45, 2.75) is 25.7 Å². The number of hydrogen-bond donors (Lipinski definition) is 1. The van der Waals surface area contributed by atoms with Crippen LogP contribution in [-0.2, 0) is 11.2 Å². The molecule has 0 fully saturated rings. The standard InChI is InChI=1S/C28H29N3O5/c1-18-5-4-12-31-22(16-30-28(18)31)21(20-7-9-24-26(14-20)36-17-35-24)15-27(32)29-11-10-19-6-8-23(33-2)25(13-19)34-3/h4-9,12-14,16,21H,10-11,15,17H2,1-3H3,(H,29,32). The Morgan fingerprint density at radius 3 is 2.75 bits per heavy atom. The van der Waals surface area contributed by atoms with E-state index in [9.17, 15) is 4.79 Å². The van der Waals surface area contributed by atoms with Crippen molar-refractivity contribution in [3.05, 3.63) is 83.3 Å². The predicted octanol–water partition coefficient (Wildman–Crippen LogP) is 4.27. The van der Waals surface area contributed by atoms with Gasteiger partial charge in [0.05, 0.1) is 19.9 Å². The Hall–Kier alpha value is -4.20. The first-order valence-corrected chi connectivity index (χ1v) is 11.9. The zero-order chi connectivity index (χ0) is 25.1. The molecule has 1 unspecified atom stereocenters. The van der Waals surface area contributed by atoms with Crippen molar-refractivity contribution in [1.82, 2.24) is 14.7 Å². The molecular formula is C28H29N3O5. The third-order valence-corrected chi connectivity index (χ3v) is 6.49. The highest BCUT2D eigenvalue weighted by atomic mass is 16.7. The van der Waals surface area contributed by atoms with E-state index in [-0.39, 0.29) is 25.0 Å². The Morgan fingerprint density at radius 2 is 1.92 bits per heavy atom. The van der Waals surface area contributed by atoms with Crippen LogP contribution in [0.4, 0.5) is 0 Å². The van der Waals surface area contributed by atoms with E-state index in [0.717, 1.165) is 28.0 Å². The van der Waals surface area contributed by atoms with E-state index in [1.54, 1.807) is 14.2 Å². The molecule has 0 radical (unpaired) electrons. The van der Waals surface area contributed by atoms with Crippen molar-refractivity contribution in [3.63, 3.8) is 0 Å². The van der Waals surface area contributed by atoms with Gasteiger partial charge in [-0.3, -0.25) is 4.79 Å². The summed E-state index contributed by atoms with van der Waals surface area (Å²) in [6.07, 6.45) is 4.79. The molecule has 5 rings (SSSR count). The number of methoxy groups -OCH3 is 2. The fraction of sp³-hybridized carbons (Fsp3) is 0.286. The van der Waals surface area contributed by atoms with Gasteiger partial charge in [-0.25, -0.2) is 4.98 Å². The van der Waals surface area contributed by atoms with Crippen LogP contribution < -0.4 is 24.3 Å². The fourth-order valence-electron chi connectivity index (χ4n) is 4.59. The van der Waals surface area contributed by atoms with Crippen molar-refractivity contribution < 1.29 is 23.7 Å². The van der Waals surface area contributed by atoms with Crippen LogP contribution in [0.15, 0.2) is 60.9 Å². The summed E-state index contributed by atoms with van der Waals surface area (Å²) in [4.78, 5) is 17.8. The zero-order valence-electron chi connectivity index (χ0n) is 20.6. The summed E-state index contributed by atoms with van der Waals surface area (Å²) in [7, 11) is 3.22. The topological polar surface area (TPSA) is 83.3 Å². The van der Waals surface area contributed by atoms with Gasteiger partial charge in [-0.15, -0.1) is 0 Å². The van der Waals surface area contributed by atoms with Crippen LogP contribution in [0.3, 0.4) is 0 Å². The van der Waals surface area contributed by atoms with E-state index in [1.165, 1.54) is 0 Å². The Bertz CT molecular complexity index is 1400. The minimum absolute atomic E-state index is 0.0410. The molecule has 0 bridgehead atoms. The lowest BCUT2D eigenvalue weighted by Crippen LogP contribution is -2.27. The number of pyridine rings is 1. The third-order valence-electron chi connectivity index (χ3n) is 6.49. The number of nitrogens with zero attached hydrogens (tertiary/aromatic N) is 2. The number of rotatable bonds is 9. The van der Waals surface area contributed by atoms with Gasteiger partial charge in [0, 0.05) is 31.3 Å². The number of carbonyl (C=O) groups is 1. The molecule has 2 aromatic heterocycles. The molecule has 0 saturated carbocycles. The maximum absolute atomic E-state index is 13.1. The number of benzene rings is 2. The minimum atomic E-state index is -0.211. The molecule has 36 heavy (non-hydrogen) atoms. The highest BCUT2D eigenvalue weighted by molar-refractivity contribution is 5.77. The lowest BCUT2D eigenvalue weighted by Gasteiger charge is -2.18. The van der Waals surface area contributed by atoms with Gasteiger partial charge in [-0.2, -0.15) is 0 Å². The molecule has 0 aliphatic carbocycles. The molecule has 2 aromatic carbocycles. The van der Waals surface area contributed by atoms with Crippen molar-refractivity contribution in [3.8, 4) is 23.0 Å². The maximum Gasteiger partial charge on any atom is 0.231 e. The second-order valence-electron chi connectivity index (χ2n) is 8.73. The highest BCUT2D eigenvalue weighted by Gasteiger charge is 2.25. The summed E-state index contributed by atoms with van der Waals surface area (Å²) in [5.74, 6) is 2.51. The van der Waals surface area contributed by atoms with Gasteiger partial charge in [0.15, 0.2) is 23.0 Å². The highest BCUT2D eigenvalue weighted by Crippen LogP contribution is 2.38. The van der Waals surface area contributed by atoms with Crippen molar-refractivity contribution >= 4 is 11.6 Å². The number of fused-ring (bicyclic) bond motifs is 2. The summed E-state index contributed by atoms with van der Waals surface area (Å²) in [5.41, 5.74) is 4.93. The SMILES string of the molecule is COc1ccc(CCNC(=O)CC(c2ccc3c(c2)OCO3)c2cnc3c(C)cccn23)cc1OC. The molecular weight excluding hydrogens is 458 g/mol. The van der Waals surface area contributed by atoms with Gasteiger partial charge in [0.1, 0.15) is 5.65 Å². The molecule has 0 saturated heterocycles. The number of nitrogens with one attached hydrogen (secondary N) is 1.